The highest BCUT2D eigenvalue weighted by molar-refractivity contribution is 7.15. The molecule has 0 bridgehead atoms. The Morgan fingerprint density at radius 3 is 3.04 bits per heavy atom. The minimum Gasteiger partial charge on any atom is -0.461 e. The van der Waals surface area contributed by atoms with Gasteiger partial charge in [-0.15, -0.1) is 10.2 Å². The molecule has 3 aromatic heterocycles. The summed E-state index contributed by atoms with van der Waals surface area (Å²) in [5.74, 6) is 1.11. The van der Waals surface area contributed by atoms with Crippen LogP contribution in [0.3, 0.4) is 0 Å². The third kappa shape index (κ3) is 3.72. The Morgan fingerprint density at radius 1 is 1.48 bits per heavy atom. The van der Waals surface area contributed by atoms with Gasteiger partial charge in [-0.1, -0.05) is 16.5 Å². The molecule has 1 amide bonds. The number of hydrogen-bond donors (Lipinski definition) is 2. The lowest BCUT2D eigenvalue weighted by Gasteiger charge is -2.09. The zero-order valence-electron chi connectivity index (χ0n) is 12.2. The minimum atomic E-state index is -0.251. The molecule has 3 N–H and O–H groups in total. The first-order valence-corrected chi connectivity index (χ1v) is 7.68. The fourth-order valence-corrected chi connectivity index (χ4v) is 2.49. The predicted molar refractivity (Wildman–Crippen MR) is 81.2 cm³/mol. The van der Waals surface area contributed by atoms with Gasteiger partial charge in [0.05, 0.1) is 12.3 Å². The van der Waals surface area contributed by atoms with E-state index in [9.17, 15) is 4.79 Å². The van der Waals surface area contributed by atoms with Gasteiger partial charge >= 0.3 is 0 Å². The summed E-state index contributed by atoms with van der Waals surface area (Å²) < 4.78 is 10.3. The van der Waals surface area contributed by atoms with Crippen LogP contribution in [-0.4, -0.2) is 26.2 Å². The molecule has 0 unspecified atom stereocenters. The number of aromatic nitrogens is 4. The summed E-state index contributed by atoms with van der Waals surface area (Å²) in [7, 11) is 0. The largest absolute Gasteiger partial charge is 0.461 e. The molecule has 0 saturated carbocycles. The van der Waals surface area contributed by atoms with Crippen LogP contribution < -0.4 is 11.1 Å². The van der Waals surface area contributed by atoms with E-state index in [0.717, 1.165) is 0 Å². The molecule has 3 heterocycles. The van der Waals surface area contributed by atoms with Gasteiger partial charge in [-0.2, -0.15) is 4.98 Å². The van der Waals surface area contributed by atoms with Crippen LogP contribution in [0, 0.1) is 0 Å². The van der Waals surface area contributed by atoms with Gasteiger partial charge in [-0.05, 0) is 19.1 Å². The maximum Gasteiger partial charge on any atom is 0.238 e. The van der Waals surface area contributed by atoms with Crippen LogP contribution in [0.1, 0.15) is 30.3 Å². The Bertz CT molecular complexity index is 781. The number of nitrogens with one attached hydrogen (secondary N) is 1. The topological polar surface area (TPSA) is 133 Å². The van der Waals surface area contributed by atoms with E-state index in [1.807, 2.05) is 6.92 Å². The van der Waals surface area contributed by atoms with E-state index in [0.29, 0.717) is 34.0 Å². The maximum atomic E-state index is 11.9. The molecule has 1 atom stereocenters. The number of furan rings is 1. The highest BCUT2D eigenvalue weighted by Crippen LogP contribution is 2.19. The summed E-state index contributed by atoms with van der Waals surface area (Å²) in [6, 6.07) is 3.22. The summed E-state index contributed by atoms with van der Waals surface area (Å²) in [4.78, 5) is 16.1. The highest BCUT2D eigenvalue weighted by atomic mass is 32.1. The van der Waals surface area contributed by atoms with Crippen molar-refractivity contribution in [3.8, 4) is 11.6 Å². The van der Waals surface area contributed by atoms with E-state index in [-0.39, 0.29) is 18.4 Å². The van der Waals surface area contributed by atoms with Gasteiger partial charge in [0.2, 0.25) is 22.8 Å². The number of hydrogen-bond acceptors (Lipinski definition) is 9. The molecule has 10 heteroatoms. The first-order valence-electron chi connectivity index (χ1n) is 6.86. The number of aryl methyl sites for hydroxylation is 1. The summed E-state index contributed by atoms with van der Waals surface area (Å²) in [6.45, 7) is 1.82. The number of nitrogens with zero attached hydrogens (tertiary/aromatic N) is 4. The molecular weight excluding hydrogens is 320 g/mol. The van der Waals surface area contributed by atoms with Crippen LogP contribution in [0.25, 0.3) is 11.6 Å². The molecule has 0 radical (unpaired) electrons. The quantitative estimate of drug-likeness (QED) is 0.694. The van der Waals surface area contributed by atoms with Gasteiger partial charge in [0.25, 0.3) is 0 Å². The highest BCUT2D eigenvalue weighted by Gasteiger charge is 2.16. The summed E-state index contributed by atoms with van der Waals surface area (Å²) >= 11 is 1.24. The molecule has 0 aliphatic heterocycles. The molecule has 3 aromatic rings. The molecule has 120 valence electrons. The SMILES string of the molecule is C[C@@H](NC(=O)CCc1nc(-c2ccco2)no1)c1nnc(N)s1. The molecule has 0 saturated heterocycles. The van der Waals surface area contributed by atoms with Crippen molar-refractivity contribution in [1.82, 2.24) is 25.7 Å². The smallest absolute Gasteiger partial charge is 0.238 e. The number of amides is 1. The first-order chi connectivity index (χ1) is 11.1. The molecule has 0 spiro atoms. The summed E-state index contributed by atoms with van der Waals surface area (Å²) in [5.41, 5.74) is 5.52. The standard InChI is InChI=1S/C13H14N6O3S/c1-7(12-17-18-13(14)23-12)15-9(20)4-5-10-16-11(19-22-10)8-3-2-6-21-8/h2-3,6-7H,4-5H2,1H3,(H2,14,18)(H,15,20)/t7-/m1/s1. The third-order valence-electron chi connectivity index (χ3n) is 2.98. The lowest BCUT2D eigenvalue weighted by molar-refractivity contribution is -0.121. The molecule has 9 nitrogen and oxygen atoms in total. The van der Waals surface area contributed by atoms with E-state index < -0.39 is 0 Å². The Labute approximate surface area is 134 Å². The van der Waals surface area contributed by atoms with E-state index >= 15 is 0 Å². The number of rotatable bonds is 6. The van der Waals surface area contributed by atoms with E-state index in [1.54, 1.807) is 12.1 Å². The van der Waals surface area contributed by atoms with Gasteiger partial charge in [0, 0.05) is 12.8 Å². The van der Waals surface area contributed by atoms with Crippen LogP contribution >= 0.6 is 11.3 Å². The number of carbonyl (C=O) groups is 1. The van der Waals surface area contributed by atoms with Crippen molar-refractivity contribution in [2.24, 2.45) is 0 Å². The monoisotopic (exact) mass is 334 g/mol. The fraction of sp³-hybridized carbons (Fsp3) is 0.308. The molecule has 3 rings (SSSR count). The zero-order valence-corrected chi connectivity index (χ0v) is 13.0. The summed E-state index contributed by atoms with van der Waals surface area (Å²) in [5, 5.41) is 15.3. The molecule has 0 aromatic carbocycles. The van der Waals surface area contributed by atoms with Crippen molar-refractivity contribution in [2.75, 3.05) is 5.73 Å². The number of anilines is 1. The fourth-order valence-electron chi connectivity index (χ4n) is 1.88. The third-order valence-corrected chi connectivity index (χ3v) is 3.91. The normalized spacial score (nSPS) is 12.2. The average Bonchev–Trinajstić information content (AvgIpc) is 3.26. The van der Waals surface area contributed by atoms with E-state index in [4.69, 9.17) is 14.7 Å². The van der Waals surface area contributed by atoms with Crippen molar-refractivity contribution in [2.45, 2.75) is 25.8 Å². The Morgan fingerprint density at radius 2 is 2.35 bits per heavy atom. The second kappa shape index (κ2) is 6.57. The van der Waals surface area contributed by atoms with Crippen molar-refractivity contribution in [3.05, 3.63) is 29.3 Å². The molecular formula is C13H14N6O3S. The average molecular weight is 334 g/mol. The van der Waals surface area contributed by atoms with E-state index in [1.165, 1.54) is 17.6 Å². The molecule has 0 fully saturated rings. The lowest BCUT2D eigenvalue weighted by atomic mass is 10.2. The first kappa shape index (κ1) is 15.2. The van der Waals surface area contributed by atoms with Crippen LogP contribution in [0.4, 0.5) is 5.13 Å². The van der Waals surface area contributed by atoms with Crippen LogP contribution in [0.5, 0.6) is 0 Å². The minimum absolute atomic E-state index is 0.149. The lowest BCUT2D eigenvalue weighted by Crippen LogP contribution is -2.26. The van der Waals surface area contributed by atoms with Crippen molar-refractivity contribution < 1.29 is 13.7 Å². The van der Waals surface area contributed by atoms with Crippen LogP contribution in [-0.2, 0) is 11.2 Å². The van der Waals surface area contributed by atoms with Crippen LogP contribution in [0.15, 0.2) is 27.3 Å². The van der Waals surface area contributed by atoms with Gasteiger partial charge in [0.1, 0.15) is 5.01 Å². The molecule has 0 aliphatic carbocycles. The van der Waals surface area contributed by atoms with E-state index in [2.05, 4.69) is 25.7 Å². The Balaban J connectivity index is 1.51. The molecule has 0 aliphatic rings. The predicted octanol–water partition coefficient (Wildman–Crippen LogP) is 1.57. The van der Waals surface area contributed by atoms with Gasteiger partial charge in [0.15, 0.2) is 5.76 Å². The van der Waals surface area contributed by atoms with Gasteiger partial charge < -0.3 is 20.0 Å². The summed E-state index contributed by atoms with van der Waals surface area (Å²) in [6.07, 6.45) is 2.09. The number of nitrogens with two attached hydrogens (primary N) is 1. The van der Waals surface area contributed by atoms with Crippen LogP contribution in [0.2, 0.25) is 0 Å². The van der Waals surface area contributed by atoms with Gasteiger partial charge in [-0.25, -0.2) is 0 Å². The Hall–Kier alpha value is -2.75. The van der Waals surface area contributed by atoms with Crippen molar-refractivity contribution in [3.63, 3.8) is 0 Å². The maximum absolute atomic E-state index is 11.9. The number of carbonyl (C=O) groups excluding carboxylic acids is 1. The zero-order chi connectivity index (χ0) is 16.2. The number of nitrogen functional groups attached to an aromatic ring is 1. The second-order valence-corrected chi connectivity index (χ2v) is 5.80. The second-order valence-electron chi connectivity index (χ2n) is 4.76. The van der Waals surface area contributed by atoms with Crippen molar-refractivity contribution in [1.29, 1.82) is 0 Å². The van der Waals surface area contributed by atoms with Gasteiger partial charge in [-0.3, -0.25) is 4.79 Å². The molecule has 23 heavy (non-hydrogen) atoms. The Kier molecular flexibility index (Phi) is 4.33. The van der Waals surface area contributed by atoms with Crippen molar-refractivity contribution >= 4 is 22.4 Å².